The molecule has 2 unspecified atom stereocenters. The summed E-state index contributed by atoms with van der Waals surface area (Å²) >= 11 is 0. The van der Waals surface area contributed by atoms with Gasteiger partial charge in [-0.2, -0.15) is 0 Å². The molecule has 1 spiro atoms. The number of aliphatic imine (C=N–C) groups is 1. The van der Waals surface area contributed by atoms with E-state index in [9.17, 15) is 0 Å². The highest BCUT2D eigenvalue weighted by Crippen LogP contribution is 2.38. The summed E-state index contributed by atoms with van der Waals surface area (Å²) in [5, 5.41) is 3.55. The van der Waals surface area contributed by atoms with Crippen molar-refractivity contribution in [2.24, 2.45) is 22.2 Å². The highest BCUT2D eigenvalue weighted by atomic mass is 127. The van der Waals surface area contributed by atoms with Crippen molar-refractivity contribution in [1.82, 2.24) is 15.1 Å². The average molecular weight is 492 g/mol. The van der Waals surface area contributed by atoms with E-state index in [1.54, 1.807) is 0 Å². The molecule has 0 aliphatic carbocycles. The second kappa shape index (κ2) is 10.6. The van der Waals surface area contributed by atoms with Crippen molar-refractivity contribution in [3.63, 3.8) is 0 Å². The molecule has 5 nitrogen and oxygen atoms in total. The molecule has 3 aliphatic rings. The summed E-state index contributed by atoms with van der Waals surface area (Å²) in [6, 6.07) is 0.558. The van der Waals surface area contributed by atoms with Gasteiger partial charge in [-0.25, -0.2) is 0 Å². The van der Waals surface area contributed by atoms with E-state index in [0.29, 0.717) is 17.4 Å². The van der Waals surface area contributed by atoms with E-state index >= 15 is 0 Å². The third-order valence-corrected chi connectivity index (χ3v) is 6.74. The predicted molar refractivity (Wildman–Crippen MR) is 124 cm³/mol. The summed E-state index contributed by atoms with van der Waals surface area (Å²) in [6.45, 7) is 17.7. The third-order valence-electron chi connectivity index (χ3n) is 6.74. The molecule has 0 radical (unpaired) electrons. The lowest BCUT2D eigenvalue weighted by atomic mass is 9.87. The SMILES string of the molecule is CCNC(=NCC(C(C)C)N1CCC(C)CC1)N1CCC2(CCOC2)C1.I. The monoisotopic (exact) mass is 492 g/mol. The molecule has 27 heavy (non-hydrogen) atoms. The van der Waals surface area contributed by atoms with E-state index in [2.05, 4.69) is 42.8 Å². The van der Waals surface area contributed by atoms with Gasteiger partial charge in [0.25, 0.3) is 0 Å². The summed E-state index contributed by atoms with van der Waals surface area (Å²) in [7, 11) is 0. The van der Waals surface area contributed by atoms with E-state index in [-0.39, 0.29) is 24.0 Å². The lowest BCUT2D eigenvalue weighted by molar-refractivity contribution is 0.113. The Balaban J connectivity index is 0.00000261. The molecular formula is C21H41IN4O. The Morgan fingerprint density at radius 3 is 2.56 bits per heavy atom. The van der Waals surface area contributed by atoms with E-state index in [1.807, 2.05) is 0 Å². The van der Waals surface area contributed by atoms with Crippen molar-refractivity contribution in [1.29, 1.82) is 0 Å². The Morgan fingerprint density at radius 2 is 1.96 bits per heavy atom. The van der Waals surface area contributed by atoms with Crippen molar-refractivity contribution in [2.45, 2.75) is 59.4 Å². The zero-order valence-corrected chi connectivity index (χ0v) is 20.2. The van der Waals surface area contributed by atoms with Crippen molar-refractivity contribution in [2.75, 3.05) is 52.5 Å². The largest absolute Gasteiger partial charge is 0.381 e. The second-order valence-corrected chi connectivity index (χ2v) is 9.20. The van der Waals surface area contributed by atoms with Crippen LogP contribution in [0.1, 0.15) is 53.4 Å². The van der Waals surface area contributed by atoms with Gasteiger partial charge in [-0.3, -0.25) is 9.89 Å². The van der Waals surface area contributed by atoms with Crippen molar-refractivity contribution in [3.05, 3.63) is 0 Å². The van der Waals surface area contributed by atoms with Crippen LogP contribution in [0, 0.1) is 17.3 Å². The third kappa shape index (κ3) is 5.95. The maximum absolute atomic E-state index is 5.69. The molecule has 0 aromatic carbocycles. The van der Waals surface area contributed by atoms with Crippen LogP contribution in [0.15, 0.2) is 4.99 Å². The molecule has 1 N–H and O–H groups in total. The molecule has 0 aromatic rings. The minimum atomic E-state index is 0. The van der Waals surface area contributed by atoms with Gasteiger partial charge in [0.15, 0.2) is 5.96 Å². The van der Waals surface area contributed by atoms with E-state index in [1.165, 1.54) is 38.8 Å². The number of likely N-dealkylation sites (tertiary alicyclic amines) is 2. The Bertz CT molecular complexity index is 471. The maximum atomic E-state index is 5.69. The number of guanidine groups is 1. The fourth-order valence-electron chi connectivity index (χ4n) is 4.80. The van der Waals surface area contributed by atoms with Crippen LogP contribution in [0.2, 0.25) is 0 Å². The Hall–Kier alpha value is -0.0800. The summed E-state index contributed by atoms with van der Waals surface area (Å²) < 4.78 is 5.69. The van der Waals surface area contributed by atoms with Crippen LogP contribution in [0.25, 0.3) is 0 Å². The fourth-order valence-corrected chi connectivity index (χ4v) is 4.80. The Kier molecular flexibility index (Phi) is 9.13. The number of halogens is 1. The number of piperidine rings is 1. The molecule has 3 rings (SSSR count). The van der Waals surface area contributed by atoms with E-state index in [0.717, 1.165) is 51.3 Å². The van der Waals surface area contributed by atoms with Gasteiger partial charge in [0.2, 0.25) is 0 Å². The van der Waals surface area contributed by atoms with Crippen LogP contribution in [0.5, 0.6) is 0 Å². The van der Waals surface area contributed by atoms with Gasteiger partial charge in [0.05, 0.1) is 13.2 Å². The Morgan fingerprint density at radius 1 is 1.22 bits per heavy atom. The predicted octanol–water partition coefficient (Wildman–Crippen LogP) is 3.44. The molecule has 3 saturated heterocycles. The standard InChI is InChI=1S/C21H40N4O.HI/c1-5-22-20(25-12-8-21(15-25)9-13-26-16-21)23-14-19(17(2)3)24-10-6-18(4)7-11-24;/h17-19H,5-16H2,1-4H3,(H,22,23);1H. The van der Waals surface area contributed by atoms with Crippen molar-refractivity contribution < 1.29 is 4.74 Å². The first kappa shape index (κ1) is 23.2. The molecule has 2 atom stereocenters. The second-order valence-electron chi connectivity index (χ2n) is 9.20. The number of ether oxygens (including phenoxy) is 1. The topological polar surface area (TPSA) is 40.1 Å². The van der Waals surface area contributed by atoms with Crippen LogP contribution in [0.3, 0.4) is 0 Å². The van der Waals surface area contributed by atoms with Crippen molar-refractivity contribution >= 4 is 29.9 Å². The van der Waals surface area contributed by atoms with E-state index in [4.69, 9.17) is 9.73 Å². The average Bonchev–Trinajstić information content (AvgIpc) is 3.25. The number of nitrogens with zero attached hydrogens (tertiary/aromatic N) is 3. The molecule has 158 valence electrons. The quantitative estimate of drug-likeness (QED) is 0.363. The minimum Gasteiger partial charge on any atom is -0.381 e. The van der Waals surface area contributed by atoms with Crippen LogP contribution in [0.4, 0.5) is 0 Å². The molecule has 0 bridgehead atoms. The van der Waals surface area contributed by atoms with Gasteiger partial charge in [-0.1, -0.05) is 20.8 Å². The minimum absolute atomic E-state index is 0. The van der Waals surface area contributed by atoms with Gasteiger partial charge in [-0.05, 0) is 57.5 Å². The van der Waals surface area contributed by atoms with Gasteiger partial charge < -0.3 is 15.0 Å². The normalized spacial score (nSPS) is 28.8. The number of hydrogen-bond acceptors (Lipinski definition) is 3. The number of nitrogens with one attached hydrogen (secondary N) is 1. The van der Waals surface area contributed by atoms with E-state index < -0.39 is 0 Å². The summed E-state index contributed by atoms with van der Waals surface area (Å²) in [4.78, 5) is 10.3. The van der Waals surface area contributed by atoms with Gasteiger partial charge >= 0.3 is 0 Å². The smallest absolute Gasteiger partial charge is 0.193 e. The van der Waals surface area contributed by atoms with Crippen LogP contribution >= 0.6 is 24.0 Å². The van der Waals surface area contributed by atoms with Crippen LogP contribution < -0.4 is 5.32 Å². The maximum Gasteiger partial charge on any atom is 0.193 e. The summed E-state index contributed by atoms with van der Waals surface area (Å²) in [5.41, 5.74) is 0.386. The molecule has 0 amide bonds. The van der Waals surface area contributed by atoms with Crippen molar-refractivity contribution in [3.8, 4) is 0 Å². The number of rotatable bonds is 5. The molecular weight excluding hydrogens is 451 g/mol. The fraction of sp³-hybridized carbons (Fsp3) is 0.952. The lowest BCUT2D eigenvalue weighted by Crippen LogP contribution is -2.47. The lowest BCUT2D eigenvalue weighted by Gasteiger charge is -2.38. The summed E-state index contributed by atoms with van der Waals surface area (Å²) in [5.74, 6) is 2.64. The van der Waals surface area contributed by atoms with Gasteiger partial charge in [0, 0.05) is 37.7 Å². The molecule has 0 aromatic heterocycles. The zero-order valence-electron chi connectivity index (χ0n) is 17.9. The number of hydrogen-bond donors (Lipinski definition) is 1. The highest BCUT2D eigenvalue weighted by Gasteiger charge is 2.42. The molecule has 6 heteroatoms. The summed E-state index contributed by atoms with van der Waals surface area (Å²) in [6.07, 6.45) is 5.13. The molecule has 3 aliphatic heterocycles. The first-order valence-electron chi connectivity index (χ1n) is 10.9. The van der Waals surface area contributed by atoms with Crippen LogP contribution in [-0.2, 0) is 4.74 Å². The molecule has 3 heterocycles. The molecule has 3 fully saturated rings. The zero-order chi connectivity index (χ0) is 18.6. The van der Waals surface area contributed by atoms with Gasteiger partial charge in [0.1, 0.15) is 0 Å². The Labute approximate surface area is 183 Å². The molecule has 0 saturated carbocycles. The highest BCUT2D eigenvalue weighted by molar-refractivity contribution is 14.0. The van der Waals surface area contributed by atoms with Crippen LogP contribution in [-0.4, -0.2) is 74.3 Å². The first-order chi connectivity index (χ1) is 12.5. The van der Waals surface area contributed by atoms with Gasteiger partial charge in [-0.15, -0.1) is 24.0 Å². The first-order valence-corrected chi connectivity index (χ1v) is 10.9.